The number of carbonyl (C=O) groups excluding carboxylic acids is 2. The molecule has 0 aliphatic carbocycles. The summed E-state index contributed by atoms with van der Waals surface area (Å²) in [5.41, 5.74) is 1.49. The van der Waals surface area contributed by atoms with Crippen molar-refractivity contribution in [2.45, 2.75) is 32.9 Å². The van der Waals surface area contributed by atoms with Gasteiger partial charge < -0.3 is 10.1 Å². The Balaban J connectivity index is 1.97. The highest BCUT2D eigenvalue weighted by molar-refractivity contribution is 6.01. The zero-order chi connectivity index (χ0) is 17.4. The zero-order valence-corrected chi connectivity index (χ0v) is 14.1. The van der Waals surface area contributed by atoms with Crippen LogP contribution in [0.5, 0.6) is 0 Å². The van der Waals surface area contributed by atoms with Crippen LogP contribution in [0.25, 0.3) is 0 Å². The first-order valence-electron chi connectivity index (χ1n) is 8.12. The number of rotatable bonds is 7. The minimum atomic E-state index is -0.587. The van der Waals surface area contributed by atoms with E-state index in [4.69, 9.17) is 4.74 Å². The molecule has 2 aromatic carbocycles. The van der Waals surface area contributed by atoms with Gasteiger partial charge in [0.15, 0.2) is 5.78 Å². The van der Waals surface area contributed by atoms with Crippen molar-refractivity contribution in [2.75, 3.05) is 0 Å². The molecule has 1 unspecified atom stereocenters. The van der Waals surface area contributed by atoms with Crippen LogP contribution >= 0.6 is 0 Å². The lowest BCUT2D eigenvalue weighted by atomic mass is 9.96. The van der Waals surface area contributed by atoms with Gasteiger partial charge in [0.05, 0.1) is 6.04 Å². The van der Waals surface area contributed by atoms with Gasteiger partial charge in [0.1, 0.15) is 6.61 Å². The third-order valence-electron chi connectivity index (χ3n) is 3.59. The molecule has 126 valence electrons. The molecule has 1 amide bonds. The summed E-state index contributed by atoms with van der Waals surface area (Å²) in [6, 6.07) is 17.8. The van der Waals surface area contributed by atoms with E-state index in [0.29, 0.717) is 12.0 Å². The number of Topliss-reactive ketones (excluding diaryl/α,β-unsaturated/α-hetero) is 1. The van der Waals surface area contributed by atoms with E-state index in [1.54, 1.807) is 12.1 Å². The minimum absolute atomic E-state index is 0.0963. The largest absolute Gasteiger partial charge is 0.445 e. The second kappa shape index (κ2) is 8.87. The van der Waals surface area contributed by atoms with Crippen LogP contribution in [0.2, 0.25) is 0 Å². The molecule has 4 heteroatoms. The third kappa shape index (κ3) is 5.54. The summed E-state index contributed by atoms with van der Waals surface area (Å²) in [5, 5.41) is 2.71. The summed E-state index contributed by atoms with van der Waals surface area (Å²) in [5.74, 6) is 0.179. The molecule has 0 aliphatic heterocycles. The van der Waals surface area contributed by atoms with Gasteiger partial charge in [-0.05, 0) is 17.9 Å². The van der Waals surface area contributed by atoms with E-state index in [2.05, 4.69) is 5.32 Å². The molecule has 0 saturated heterocycles. The second-order valence-electron chi connectivity index (χ2n) is 6.12. The number of ether oxygens (including phenoxy) is 1. The summed E-state index contributed by atoms with van der Waals surface area (Å²) in [7, 11) is 0. The minimum Gasteiger partial charge on any atom is -0.445 e. The molecule has 0 radical (unpaired) electrons. The Kier molecular flexibility index (Phi) is 6.55. The molecule has 0 spiro atoms. The number of carbonyl (C=O) groups is 2. The first-order valence-corrected chi connectivity index (χ1v) is 8.12. The Morgan fingerprint density at radius 2 is 1.54 bits per heavy atom. The molecule has 2 rings (SSSR count). The normalized spacial score (nSPS) is 11.8. The van der Waals surface area contributed by atoms with Gasteiger partial charge in [-0.25, -0.2) is 4.79 Å². The number of amides is 1. The maximum Gasteiger partial charge on any atom is 0.408 e. The number of hydrogen-bond acceptors (Lipinski definition) is 3. The molecular formula is C20H23NO3. The topological polar surface area (TPSA) is 55.4 Å². The van der Waals surface area contributed by atoms with Crippen LogP contribution in [0, 0.1) is 5.92 Å². The number of ketones is 1. The quantitative estimate of drug-likeness (QED) is 0.776. The van der Waals surface area contributed by atoms with Crippen molar-refractivity contribution >= 4 is 11.9 Å². The molecule has 1 N–H and O–H groups in total. The fraction of sp³-hybridized carbons (Fsp3) is 0.300. The summed E-state index contributed by atoms with van der Waals surface area (Å²) in [4.78, 5) is 24.7. The van der Waals surface area contributed by atoms with Crippen molar-refractivity contribution in [3.63, 3.8) is 0 Å². The zero-order valence-electron chi connectivity index (χ0n) is 14.1. The molecule has 0 aromatic heterocycles. The average molecular weight is 325 g/mol. The van der Waals surface area contributed by atoms with Crippen molar-refractivity contribution in [2.24, 2.45) is 5.92 Å². The molecular weight excluding hydrogens is 302 g/mol. The number of benzene rings is 2. The molecule has 4 nitrogen and oxygen atoms in total. The Bertz CT molecular complexity index is 653. The maximum absolute atomic E-state index is 12.6. The van der Waals surface area contributed by atoms with Crippen LogP contribution < -0.4 is 5.32 Å². The van der Waals surface area contributed by atoms with Crippen LogP contribution in [-0.2, 0) is 11.3 Å². The molecule has 0 fully saturated rings. The molecule has 0 bridgehead atoms. The van der Waals surface area contributed by atoms with Gasteiger partial charge in [-0.3, -0.25) is 4.79 Å². The van der Waals surface area contributed by atoms with Crippen molar-refractivity contribution in [1.29, 1.82) is 0 Å². The Hall–Kier alpha value is -2.62. The van der Waals surface area contributed by atoms with Crippen LogP contribution in [0.3, 0.4) is 0 Å². The van der Waals surface area contributed by atoms with Crippen LogP contribution in [0.15, 0.2) is 60.7 Å². The summed E-state index contributed by atoms with van der Waals surface area (Å²) in [6.07, 6.45) is -0.0115. The van der Waals surface area contributed by atoms with Gasteiger partial charge in [0.2, 0.25) is 0 Å². The number of hydrogen-bond donors (Lipinski definition) is 1. The van der Waals surface area contributed by atoms with E-state index in [1.807, 2.05) is 62.4 Å². The predicted molar refractivity (Wildman–Crippen MR) is 93.8 cm³/mol. The number of nitrogens with one attached hydrogen (secondary N) is 1. The monoisotopic (exact) mass is 325 g/mol. The van der Waals surface area contributed by atoms with E-state index in [1.165, 1.54) is 0 Å². The SMILES string of the molecule is CC(C)CC(NC(=O)OCc1ccccc1)C(=O)c1ccccc1. The van der Waals surface area contributed by atoms with Crippen LogP contribution in [0.4, 0.5) is 4.79 Å². The van der Waals surface area contributed by atoms with E-state index < -0.39 is 12.1 Å². The molecule has 2 aromatic rings. The highest BCUT2D eigenvalue weighted by atomic mass is 16.5. The second-order valence-corrected chi connectivity index (χ2v) is 6.12. The first-order chi connectivity index (χ1) is 11.6. The van der Waals surface area contributed by atoms with E-state index >= 15 is 0 Å². The van der Waals surface area contributed by atoms with Crippen LogP contribution in [0.1, 0.15) is 36.2 Å². The summed E-state index contributed by atoms with van der Waals surface area (Å²) < 4.78 is 5.22. The van der Waals surface area contributed by atoms with Gasteiger partial charge >= 0.3 is 6.09 Å². The summed E-state index contributed by atoms with van der Waals surface area (Å²) in [6.45, 7) is 4.21. The van der Waals surface area contributed by atoms with Gasteiger partial charge in [0, 0.05) is 5.56 Å². The molecule has 0 aliphatic rings. The van der Waals surface area contributed by atoms with E-state index in [-0.39, 0.29) is 18.3 Å². The Morgan fingerprint density at radius 1 is 0.958 bits per heavy atom. The van der Waals surface area contributed by atoms with Gasteiger partial charge in [0.25, 0.3) is 0 Å². The van der Waals surface area contributed by atoms with Crippen LogP contribution in [-0.4, -0.2) is 17.9 Å². The highest BCUT2D eigenvalue weighted by Crippen LogP contribution is 2.12. The van der Waals surface area contributed by atoms with Crippen molar-refractivity contribution in [1.82, 2.24) is 5.32 Å². The lowest BCUT2D eigenvalue weighted by Crippen LogP contribution is -2.42. The van der Waals surface area contributed by atoms with Gasteiger partial charge in [-0.15, -0.1) is 0 Å². The van der Waals surface area contributed by atoms with Crippen molar-refractivity contribution < 1.29 is 14.3 Å². The molecule has 0 saturated carbocycles. The Morgan fingerprint density at radius 3 is 2.12 bits per heavy atom. The average Bonchev–Trinajstić information content (AvgIpc) is 2.60. The fourth-order valence-corrected chi connectivity index (χ4v) is 2.41. The lowest BCUT2D eigenvalue weighted by molar-refractivity contribution is 0.0902. The molecule has 1 atom stereocenters. The predicted octanol–water partition coefficient (Wildman–Crippen LogP) is 4.21. The van der Waals surface area contributed by atoms with Crippen molar-refractivity contribution in [3.8, 4) is 0 Å². The van der Waals surface area contributed by atoms with Gasteiger partial charge in [-0.2, -0.15) is 0 Å². The molecule has 24 heavy (non-hydrogen) atoms. The van der Waals surface area contributed by atoms with Crippen molar-refractivity contribution in [3.05, 3.63) is 71.8 Å². The van der Waals surface area contributed by atoms with E-state index in [0.717, 1.165) is 5.56 Å². The number of alkyl carbamates (subject to hydrolysis) is 1. The fourth-order valence-electron chi connectivity index (χ4n) is 2.41. The summed E-state index contributed by atoms with van der Waals surface area (Å²) >= 11 is 0. The third-order valence-corrected chi connectivity index (χ3v) is 3.59. The van der Waals surface area contributed by atoms with Gasteiger partial charge in [-0.1, -0.05) is 74.5 Å². The molecule has 0 heterocycles. The Labute approximate surface area is 142 Å². The first kappa shape index (κ1) is 17.7. The standard InChI is InChI=1S/C20H23NO3/c1-15(2)13-18(19(22)17-11-7-4-8-12-17)21-20(23)24-14-16-9-5-3-6-10-16/h3-12,15,18H,13-14H2,1-2H3,(H,21,23). The lowest BCUT2D eigenvalue weighted by Gasteiger charge is -2.19. The highest BCUT2D eigenvalue weighted by Gasteiger charge is 2.23. The smallest absolute Gasteiger partial charge is 0.408 e. The van der Waals surface area contributed by atoms with E-state index in [9.17, 15) is 9.59 Å². The maximum atomic E-state index is 12.6.